The number of thiocarbonyl (C=S) groups is 1. The Hall–Kier alpha value is -2.83. The molecule has 3 rings (SSSR count). The first-order valence-electron chi connectivity index (χ1n) is 8.05. The van der Waals surface area contributed by atoms with Gasteiger partial charge in [0, 0.05) is 22.0 Å². The molecule has 0 radical (unpaired) electrons. The molecule has 138 valence electrons. The molecule has 3 aromatic rings. The fraction of sp³-hybridized carbons (Fsp3) is 0.100. The van der Waals surface area contributed by atoms with Crippen LogP contribution in [0, 0.1) is 0 Å². The highest BCUT2D eigenvalue weighted by atomic mass is 35.5. The first kappa shape index (κ1) is 18.9. The van der Waals surface area contributed by atoms with E-state index in [1.807, 2.05) is 12.1 Å². The third-order valence-corrected chi connectivity index (χ3v) is 4.53. The predicted octanol–water partition coefficient (Wildman–Crippen LogP) is 4.64. The number of nitrogens with one attached hydrogen (secondary N) is 2. The van der Waals surface area contributed by atoms with Gasteiger partial charge in [0.2, 0.25) is 0 Å². The number of rotatable bonds is 4. The van der Waals surface area contributed by atoms with Crippen molar-refractivity contribution in [2.24, 2.45) is 0 Å². The van der Waals surface area contributed by atoms with Crippen LogP contribution in [0.2, 0.25) is 5.02 Å². The minimum Gasteiger partial charge on any atom is -0.497 e. The molecule has 0 aliphatic heterocycles. The number of halogens is 1. The predicted molar refractivity (Wildman–Crippen MR) is 112 cm³/mol. The van der Waals surface area contributed by atoms with Gasteiger partial charge >= 0.3 is 0 Å². The number of amides is 1. The second kappa shape index (κ2) is 8.24. The molecule has 7 heteroatoms. The number of ether oxygens (including phenoxy) is 2. The van der Waals surface area contributed by atoms with Crippen molar-refractivity contribution in [2.45, 2.75) is 0 Å². The third-order valence-electron chi connectivity index (χ3n) is 4.00. The minimum absolute atomic E-state index is 0.155. The van der Waals surface area contributed by atoms with E-state index in [4.69, 9.17) is 33.3 Å². The van der Waals surface area contributed by atoms with Crippen molar-refractivity contribution in [2.75, 3.05) is 19.5 Å². The summed E-state index contributed by atoms with van der Waals surface area (Å²) in [5, 5.41) is 7.96. The maximum atomic E-state index is 12.7. The lowest BCUT2D eigenvalue weighted by molar-refractivity contribution is 0.0979. The summed E-state index contributed by atoms with van der Waals surface area (Å²) in [4.78, 5) is 12.7. The van der Waals surface area contributed by atoms with Crippen LogP contribution >= 0.6 is 23.8 Å². The van der Waals surface area contributed by atoms with Gasteiger partial charge < -0.3 is 14.8 Å². The van der Waals surface area contributed by atoms with Crippen molar-refractivity contribution in [3.8, 4) is 11.5 Å². The first-order valence-corrected chi connectivity index (χ1v) is 8.83. The maximum absolute atomic E-state index is 12.7. The van der Waals surface area contributed by atoms with E-state index in [9.17, 15) is 4.79 Å². The third kappa shape index (κ3) is 4.13. The van der Waals surface area contributed by atoms with Crippen LogP contribution in [0.15, 0.2) is 54.6 Å². The molecule has 0 fully saturated rings. The van der Waals surface area contributed by atoms with Gasteiger partial charge in [-0.1, -0.05) is 35.9 Å². The van der Waals surface area contributed by atoms with E-state index < -0.39 is 0 Å². The Kier molecular flexibility index (Phi) is 5.78. The summed E-state index contributed by atoms with van der Waals surface area (Å²) >= 11 is 11.5. The zero-order chi connectivity index (χ0) is 19.4. The number of hydrogen-bond acceptors (Lipinski definition) is 4. The highest BCUT2D eigenvalue weighted by molar-refractivity contribution is 7.80. The molecule has 0 atom stereocenters. The zero-order valence-electron chi connectivity index (χ0n) is 14.7. The molecule has 0 aliphatic carbocycles. The van der Waals surface area contributed by atoms with Crippen molar-refractivity contribution in [1.29, 1.82) is 0 Å². The average molecular weight is 401 g/mol. The van der Waals surface area contributed by atoms with Gasteiger partial charge in [0.15, 0.2) is 5.11 Å². The fourth-order valence-corrected chi connectivity index (χ4v) is 3.14. The molecule has 0 unspecified atom stereocenters. The molecule has 0 heterocycles. The average Bonchev–Trinajstić information content (AvgIpc) is 2.68. The molecule has 0 saturated heterocycles. The van der Waals surface area contributed by atoms with E-state index in [0.29, 0.717) is 27.8 Å². The monoisotopic (exact) mass is 400 g/mol. The maximum Gasteiger partial charge on any atom is 0.258 e. The molecule has 3 aromatic carbocycles. The summed E-state index contributed by atoms with van der Waals surface area (Å²) in [6.07, 6.45) is 0. The van der Waals surface area contributed by atoms with Crippen molar-refractivity contribution >= 4 is 51.3 Å². The lowest BCUT2D eigenvalue weighted by Gasteiger charge is -2.14. The molecule has 1 amide bonds. The van der Waals surface area contributed by atoms with E-state index in [1.165, 1.54) is 0 Å². The molecule has 0 aliphatic rings. The van der Waals surface area contributed by atoms with E-state index in [0.717, 1.165) is 10.8 Å². The molecule has 27 heavy (non-hydrogen) atoms. The zero-order valence-corrected chi connectivity index (χ0v) is 16.3. The van der Waals surface area contributed by atoms with Gasteiger partial charge in [0.25, 0.3) is 5.91 Å². The number of carbonyl (C=O) groups is 1. The van der Waals surface area contributed by atoms with Crippen LogP contribution in [0.5, 0.6) is 11.5 Å². The number of fused-ring (bicyclic) bond motifs is 1. The summed E-state index contributed by atoms with van der Waals surface area (Å²) in [6.45, 7) is 0. The standard InChI is InChI=1S/C20H17ClN2O3S/c1-25-12-9-10-17(18(11-12)26-2)22-20(27)23-19(24)15-7-3-6-14-13(15)5-4-8-16(14)21/h3-11H,1-2H3,(H2,22,23,24,27). The Morgan fingerprint density at radius 3 is 2.48 bits per heavy atom. The second-order valence-corrected chi connectivity index (χ2v) is 6.43. The lowest BCUT2D eigenvalue weighted by atomic mass is 10.0. The fourth-order valence-electron chi connectivity index (χ4n) is 2.70. The normalized spacial score (nSPS) is 10.3. The van der Waals surface area contributed by atoms with Crippen LogP contribution in [0.4, 0.5) is 5.69 Å². The van der Waals surface area contributed by atoms with E-state index in [2.05, 4.69) is 10.6 Å². The van der Waals surface area contributed by atoms with Gasteiger partial charge in [-0.25, -0.2) is 0 Å². The second-order valence-electron chi connectivity index (χ2n) is 5.61. The van der Waals surface area contributed by atoms with Crippen LogP contribution in [-0.4, -0.2) is 25.2 Å². The summed E-state index contributed by atoms with van der Waals surface area (Å²) in [6, 6.07) is 16.1. The summed E-state index contributed by atoms with van der Waals surface area (Å²) in [5.74, 6) is 0.871. The van der Waals surface area contributed by atoms with Crippen molar-refractivity contribution in [3.05, 3.63) is 65.2 Å². The van der Waals surface area contributed by atoms with Crippen LogP contribution in [0.25, 0.3) is 10.8 Å². The van der Waals surface area contributed by atoms with Crippen LogP contribution in [-0.2, 0) is 0 Å². The highest BCUT2D eigenvalue weighted by Gasteiger charge is 2.14. The van der Waals surface area contributed by atoms with E-state index >= 15 is 0 Å². The van der Waals surface area contributed by atoms with Gasteiger partial charge in [-0.15, -0.1) is 0 Å². The number of methoxy groups -OCH3 is 2. The first-order chi connectivity index (χ1) is 13.0. The summed E-state index contributed by atoms with van der Waals surface area (Å²) < 4.78 is 10.5. The van der Waals surface area contributed by atoms with Crippen molar-refractivity contribution in [3.63, 3.8) is 0 Å². The van der Waals surface area contributed by atoms with Crippen molar-refractivity contribution < 1.29 is 14.3 Å². The molecule has 0 bridgehead atoms. The molecule has 2 N–H and O–H groups in total. The Labute approximate surface area is 167 Å². The number of anilines is 1. The number of hydrogen-bond donors (Lipinski definition) is 2. The van der Waals surface area contributed by atoms with Crippen LogP contribution in [0.3, 0.4) is 0 Å². The van der Waals surface area contributed by atoms with Gasteiger partial charge in [-0.05, 0) is 41.9 Å². The van der Waals surface area contributed by atoms with Crippen LogP contribution < -0.4 is 20.1 Å². The Morgan fingerprint density at radius 2 is 1.74 bits per heavy atom. The molecule has 5 nitrogen and oxygen atoms in total. The van der Waals surface area contributed by atoms with Crippen LogP contribution in [0.1, 0.15) is 10.4 Å². The smallest absolute Gasteiger partial charge is 0.258 e. The lowest BCUT2D eigenvalue weighted by Crippen LogP contribution is -2.34. The Morgan fingerprint density at radius 1 is 1.00 bits per heavy atom. The van der Waals surface area contributed by atoms with Gasteiger partial charge in [-0.2, -0.15) is 0 Å². The van der Waals surface area contributed by atoms with Gasteiger partial charge in [0.1, 0.15) is 11.5 Å². The van der Waals surface area contributed by atoms with E-state index in [1.54, 1.807) is 56.7 Å². The van der Waals surface area contributed by atoms with E-state index in [-0.39, 0.29) is 11.0 Å². The SMILES string of the molecule is COc1ccc(NC(=S)NC(=O)c2cccc3c(Cl)cccc23)c(OC)c1. The molecule has 0 saturated carbocycles. The molecule has 0 aromatic heterocycles. The topological polar surface area (TPSA) is 59.6 Å². The van der Waals surface area contributed by atoms with Gasteiger partial charge in [0.05, 0.1) is 19.9 Å². The molecular weight excluding hydrogens is 384 g/mol. The molecule has 0 spiro atoms. The van der Waals surface area contributed by atoms with Gasteiger partial charge in [-0.3, -0.25) is 10.1 Å². The Balaban J connectivity index is 1.79. The minimum atomic E-state index is -0.326. The quantitative estimate of drug-likeness (QED) is 0.625. The Bertz CT molecular complexity index is 1020. The van der Waals surface area contributed by atoms with Crippen molar-refractivity contribution in [1.82, 2.24) is 5.32 Å². The summed E-state index contributed by atoms with van der Waals surface area (Å²) in [7, 11) is 3.12. The summed E-state index contributed by atoms with van der Waals surface area (Å²) in [5.41, 5.74) is 1.10. The highest BCUT2D eigenvalue weighted by Crippen LogP contribution is 2.29. The largest absolute Gasteiger partial charge is 0.497 e. The molecular formula is C20H17ClN2O3S. The number of carbonyl (C=O) groups excluding carboxylic acids is 1. The number of benzene rings is 3.